The number of rotatable bonds is 2. The van der Waals surface area contributed by atoms with E-state index in [-0.39, 0.29) is 22.9 Å². The van der Waals surface area contributed by atoms with Gasteiger partial charge in [0.2, 0.25) is 5.95 Å². The van der Waals surface area contributed by atoms with E-state index < -0.39 is 5.56 Å². The van der Waals surface area contributed by atoms with E-state index in [1.807, 2.05) is 12.1 Å². The molecule has 0 aliphatic carbocycles. The van der Waals surface area contributed by atoms with Gasteiger partial charge in [-0.2, -0.15) is 4.98 Å². The molecule has 6 N–H and O–H groups in total. The van der Waals surface area contributed by atoms with Gasteiger partial charge < -0.3 is 16.5 Å². The first kappa shape index (κ1) is 14.3. The van der Waals surface area contributed by atoms with Crippen molar-refractivity contribution in [1.82, 2.24) is 24.9 Å². The normalized spacial score (nSPS) is 9.95. The molecule has 0 spiro atoms. The molecule has 0 saturated heterocycles. The highest BCUT2D eigenvalue weighted by atomic mass is 16.1. The van der Waals surface area contributed by atoms with Gasteiger partial charge in [-0.3, -0.25) is 19.6 Å². The van der Waals surface area contributed by atoms with E-state index in [1.165, 1.54) is 0 Å². The van der Waals surface area contributed by atoms with E-state index >= 15 is 0 Å². The number of hydrogen-bond acceptors (Lipinski definition) is 7. The van der Waals surface area contributed by atoms with Crippen molar-refractivity contribution in [3.8, 4) is 0 Å². The molecule has 21 heavy (non-hydrogen) atoms. The molecule has 0 radical (unpaired) electrons. The van der Waals surface area contributed by atoms with E-state index in [2.05, 4.69) is 24.9 Å². The molecule has 3 heterocycles. The van der Waals surface area contributed by atoms with Gasteiger partial charge in [0, 0.05) is 18.9 Å². The van der Waals surface area contributed by atoms with Crippen molar-refractivity contribution in [3.63, 3.8) is 0 Å². The summed E-state index contributed by atoms with van der Waals surface area (Å²) >= 11 is 0. The lowest BCUT2D eigenvalue weighted by atomic mass is 10.3. The first-order valence-electron chi connectivity index (χ1n) is 5.93. The number of aldehydes is 1. The number of aromatic amines is 2. The standard InChI is InChI=1S/C6H5N5O2.C6H8N2/c7-6-10-4-3(5(13)11-6)8-2(1-12)9-4;7-5-6-1-3-8-4-2-6/h1H,(H4,7,8,9,10,11,13);1-4H,5,7H2. The molecular weight excluding hydrogens is 274 g/mol. The van der Waals surface area contributed by atoms with Gasteiger partial charge in [0.05, 0.1) is 0 Å². The molecule has 0 aliphatic heterocycles. The van der Waals surface area contributed by atoms with Gasteiger partial charge in [-0.15, -0.1) is 0 Å². The Labute approximate surface area is 118 Å². The number of hydrogen-bond donors (Lipinski definition) is 4. The van der Waals surface area contributed by atoms with E-state index in [1.54, 1.807) is 12.4 Å². The van der Waals surface area contributed by atoms with Crippen LogP contribution in [0.3, 0.4) is 0 Å². The largest absolute Gasteiger partial charge is 0.369 e. The number of aromatic nitrogens is 5. The number of fused-ring (bicyclic) bond motifs is 1. The molecule has 0 amide bonds. The fraction of sp³-hybridized carbons (Fsp3) is 0.0833. The lowest BCUT2D eigenvalue weighted by molar-refractivity contribution is 0.111. The summed E-state index contributed by atoms with van der Waals surface area (Å²) < 4.78 is 0. The Morgan fingerprint density at radius 3 is 2.48 bits per heavy atom. The highest BCUT2D eigenvalue weighted by Crippen LogP contribution is 2.02. The van der Waals surface area contributed by atoms with Crippen molar-refractivity contribution < 1.29 is 4.79 Å². The predicted molar refractivity (Wildman–Crippen MR) is 76.4 cm³/mol. The number of nitrogens with two attached hydrogens (primary N) is 2. The third-order valence-corrected chi connectivity index (χ3v) is 2.49. The summed E-state index contributed by atoms with van der Waals surface area (Å²) in [5.41, 5.74) is 11.6. The van der Waals surface area contributed by atoms with Crippen LogP contribution in [-0.4, -0.2) is 31.2 Å². The number of carbonyl (C=O) groups excluding carboxylic acids is 1. The van der Waals surface area contributed by atoms with Gasteiger partial charge in [-0.05, 0) is 17.7 Å². The topological polar surface area (TPSA) is 156 Å². The van der Waals surface area contributed by atoms with Crippen LogP contribution < -0.4 is 17.0 Å². The number of nitrogen functional groups attached to an aromatic ring is 1. The van der Waals surface area contributed by atoms with E-state index in [4.69, 9.17) is 11.5 Å². The number of H-pyrrole nitrogens is 2. The molecule has 0 aromatic carbocycles. The second kappa shape index (κ2) is 6.39. The zero-order valence-corrected chi connectivity index (χ0v) is 10.9. The maximum Gasteiger partial charge on any atom is 0.278 e. The molecule has 0 saturated carbocycles. The quantitative estimate of drug-likeness (QED) is 0.466. The maximum atomic E-state index is 11.2. The summed E-state index contributed by atoms with van der Waals surface area (Å²) in [4.78, 5) is 37.5. The van der Waals surface area contributed by atoms with E-state index in [0.717, 1.165) is 5.56 Å². The van der Waals surface area contributed by atoms with Crippen LogP contribution >= 0.6 is 0 Å². The van der Waals surface area contributed by atoms with Crippen LogP contribution in [0, 0.1) is 0 Å². The average Bonchev–Trinajstić information content (AvgIpc) is 2.92. The Bertz CT molecular complexity index is 794. The minimum absolute atomic E-state index is 0.0264. The summed E-state index contributed by atoms with van der Waals surface area (Å²) in [7, 11) is 0. The van der Waals surface area contributed by atoms with E-state index in [0.29, 0.717) is 12.8 Å². The Hall–Kier alpha value is -3.07. The molecule has 0 bridgehead atoms. The summed E-state index contributed by atoms with van der Waals surface area (Å²) in [6.07, 6.45) is 3.97. The van der Waals surface area contributed by atoms with E-state index in [9.17, 15) is 9.59 Å². The van der Waals surface area contributed by atoms with Crippen LogP contribution in [0.5, 0.6) is 0 Å². The average molecular weight is 287 g/mol. The molecular formula is C12H13N7O2. The summed E-state index contributed by atoms with van der Waals surface area (Å²) in [5.74, 6) is 0.0278. The molecule has 0 fully saturated rings. The second-order valence-corrected chi connectivity index (χ2v) is 3.95. The summed E-state index contributed by atoms with van der Waals surface area (Å²) in [6, 6.07) is 3.81. The monoisotopic (exact) mass is 287 g/mol. The van der Waals surface area contributed by atoms with Crippen molar-refractivity contribution in [3.05, 3.63) is 46.3 Å². The van der Waals surface area contributed by atoms with Gasteiger partial charge in [0.1, 0.15) is 0 Å². The number of anilines is 1. The Morgan fingerprint density at radius 1 is 1.19 bits per heavy atom. The minimum Gasteiger partial charge on any atom is -0.369 e. The molecule has 0 unspecified atom stereocenters. The summed E-state index contributed by atoms with van der Waals surface area (Å²) in [5, 5.41) is 0. The third-order valence-electron chi connectivity index (χ3n) is 2.49. The van der Waals surface area contributed by atoms with Crippen molar-refractivity contribution in [2.75, 3.05) is 5.73 Å². The van der Waals surface area contributed by atoms with Gasteiger partial charge in [-0.1, -0.05) is 0 Å². The molecule has 3 aromatic rings. The van der Waals surface area contributed by atoms with Gasteiger partial charge in [0.15, 0.2) is 23.3 Å². The number of carbonyl (C=O) groups is 1. The fourth-order valence-corrected chi connectivity index (χ4v) is 1.52. The second-order valence-electron chi connectivity index (χ2n) is 3.95. The maximum absolute atomic E-state index is 11.2. The van der Waals surface area contributed by atoms with Gasteiger partial charge in [-0.25, -0.2) is 4.98 Å². The van der Waals surface area contributed by atoms with Crippen LogP contribution in [0.2, 0.25) is 0 Å². The third kappa shape index (κ3) is 3.48. The smallest absolute Gasteiger partial charge is 0.278 e. The Balaban J connectivity index is 0.000000173. The molecule has 9 nitrogen and oxygen atoms in total. The highest BCUT2D eigenvalue weighted by molar-refractivity contribution is 5.79. The van der Waals surface area contributed by atoms with Gasteiger partial charge in [0.25, 0.3) is 5.56 Å². The van der Waals surface area contributed by atoms with Crippen LogP contribution in [0.1, 0.15) is 16.2 Å². The lowest BCUT2D eigenvalue weighted by Gasteiger charge is -1.89. The number of imidazole rings is 1. The predicted octanol–water partition coefficient (Wildman–Crippen LogP) is -0.419. The molecule has 3 aromatic heterocycles. The SMILES string of the molecule is NCc1ccncc1.Nc1nc2nc(C=O)[nH]c2c(=O)[nH]1. The highest BCUT2D eigenvalue weighted by Gasteiger charge is 2.07. The molecule has 0 atom stereocenters. The zero-order chi connectivity index (χ0) is 15.2. The number of pyridine rings is 1. The zero-order valence-electron chi connectivity index (χ0n) is 10.9. The minimum atomic E-state index is -0.442. The van der Waals surface area contributed by atoms with Crippen molar-refractivity contribution in [2.45, 2.75) is 6.54 Å². The Kier molecular flexibility index (Phi) is 4.36. The van der Waals surface area contributed by atoms with Crippen molar-refractivity contribution in [1.29, 1.82) is 0 Å². The molecule has 108 valence electrons. The molecule has 0 aliphatic rings. The Morgan fingerprint density at radius 2 is 1.90 bits per heavy atom. The molecule has 3 rings (SSSR count). The number of nitrogens with one attached hydrogen (secondary N) is 2. The lowest BCUT2D eigenvalue weighted by Crippen LogP contribution is -2.10. The van der Waals surface area contributed by atoms with Gasteiger partial charge >= 0.3 is 0 Å². The van der Waals surface area contributed by atoms with Crippen LogP contribution in [-0.2, 0) is 6.54 Å². The summed E-state index contributed by atoms with van der Waals surface area (Å²) in [6.45, 7) is 0.600. The fourth-order valence-electron chi connectivity index (χ4n) is 1.52. The first-order valence-corrected chi connectivity index (χ1v) is 5.93. The van der Waals surface area contributed by atoms with Crippen molar-refractivity contribution >= 4 is 23.4 Å². The van der Waals surface area contributed by atoms with Crippen molar-refractivity contribution in [2.24, 2.45) is 5.73 Å². The molecule has 9 heteroatoms. The number of nitrogens with zero attached hydrogens (tertiary/aromatic N) is 3. The first-order chi connectivity index (χ1) is 10.1. The van der Waals surface area contributed by atoms with Crippen LogP contribution in [0.15, 0.2) is 29.3 Å². The van der Waals surface area contributed by atoms with Crippen LogP contribution in [0.4, 0.5) is 5.95 Å². The van der Waals surface area contributed by atoms with Crippen LogP contribution in [0.25, 0.3) is 11.2 Å².